The summed E-state index contributed by atoms with van der Waals surface area (Å²) in [6.07, 6.45) is 2.38. The van der Waals surface area contributed by atoms with Crippen molar-refractivity contribution in [2.45, 2.75) is 18.9 Å². The minimum absolute atomic E-state index is 0.0587. The van der Waals surface area contributed by atoms with Gasteiger partial charge in [-0.25, -0.2) is 4.98 Å². The zero-order chi connectivity index (χ0) is 17.9. The molecule has 0 unspecified atom stereocenters. The summed E-state index contributed by atoms with van der Waals surface area (Å²) in [5, 5.41) is 3.86. The Bertz CT molecular complexity index is 920. The molecule has 1 N–H and O–H groups in total. The number of aromatic nitrogens is 1. The molecule has 0 aliphatic carbocycles. The molecule has 2 aromatic carbocycles. The van der Waals surface area contributed by atoms with Crippen LogP contribution in [0.4, 0.5) is 0 Å². The lowest BCUT2D eigenvalue weighted by molar-refractivity contribution is 0.0938. The highest BCUT2D eigenvalue weighted by Crippen LogP contribution is 2.30. The Hall–Kier alpha value is -1.95. The summed E-state index contributed by atoms with van der Waals surface area (Å²) in [5.74, 6) is -0.0587. The maximum atomic E-state index is 12.7. The lowest BCUT2D eigenvalue weighted by Crippen LogP contribution is -2.37. The van der Waals surface area contributed by atoms with Crippen LogP contribution in [-0.2, 0) is 0 Å². The number of carbonyl (C=O) groups is 1. The number of thiazole rings is 1. The quantitative estimate of drug-likeness (QED) is 0.702. The molecule has 0 bridgehead atoms. The summed E-state index contributed by atoms with van der Waals surface area (Å²) >= 11 is 7.98. The molecule has 1 aromatic heterocycles. The first kappa shape index (κ1) is 17.5. The highest BCUT2D eigenvalue weighted by Gasteiger charge is 2.25. The predicted molar refractivity (Wildman–Crippen MR) is 107 cm³/mol. The standard InChI is InChI=1S/C20H20ClN3OS/c21-16-6-2-1-5-15(16)18(24-9-3-4-10-24)12-22-20(25)14-7-8-17-19(11-14)26-13-23-17/h1-2,5-8,11,13,18H,3-4,9-10,12H2,(H,22,25)/t18-/m0/s1. The van der Waals surface area contributed by atoms with E-state index in [9.17, 15) is 4.79 Å². The Labute approximate surface area is 161 Å². The summed E-state index contributed by atoms with van der Waals surface area (Å²) in [4.78, 5) is 19.3. The molecule has 0 spiro atoms. The molecule has 1 saturated heterocycles. The van der Waals surface area contributed by atoms with Crippen LogP contribution in [0.1, 0.15) is 34.8 Å². The Morgan fingerprint density at radius 3 is 2.85 bits per heavy atom. The molecule has 4 rings (SSSR count). The van der Waals surface area contributed by atoms with Crippen molar-refractivity contribution in [3.8, 4) is 0 Å². The highest BCUT2D eigenvalue weighted by atomic mass is 35.5. The molecule has 1 aliphatic rings. The zero-order valence-corrected chi connectivity index (χ0v) is 15.9. The van der Waals surface area contributed by atoms with Crippen LogP contribution in [-0.4, -0.2) is 35.4 Å². The van der Waals surface area contributed by atoms with Gasteiger partial charge in [0, 0.05) is 17.1 Å². The number of likely N-dealkylation sites (tertiary alicyclic amines) is 1. The fourth-order valence-corrected chi connectivity index (χ4v) is 4.50. The number of benzene rings is 2. The Morgan fingerprint density at radius 1 is 1.23 bits per heavy atom. The van der Waals surface area contributed by atoms with E-state index in [-0.39, 0.29) is 11.9 Å². The molecule has 1 atom stereocenters. The molecule has 0 saturated carbocycles. The Balaban J connectivity index is 1.52. The van der Waals surface area contributed by atoms with Gasteiger partial charge >= 0.3 is 0 Å². The van der Waals surface area contributed by atoms with E-state index in [0.717, 1.165) is 33.9 Å². The van der Waals surface area contributed by atoms with Gasteiger partial charge in [-0.3, -0.25) is 9.69 Å². The van der Waals surface area contributed by atoms with E-state index < -0.39 is 0 Å². The molecule has 1 fully saturated rings. The molecular weight excluding hydrogens is 366 g/mol. The van der Waals surface area contributed by atoms with Gasteiger partial charge < -0.3 is 5.32 Å². The smallest absolute Gasteiger partial charge is 0.251 e. The van der Waals surface area contributed by atoms with Crippen molar-refractivity contribution < 1.29 is 4.79 Å². The number of nitrogens with one attached hydrogen (secondary N) is 1. The SMILES string of the molecule is O=C(NC[C@@H](c1ccccc1Cl)N1CCCC1)c1ccc2ncsc2c1. The molecule has 6 heteroatoms. The zero-order valence-electron chi connectivity index (χ0n) is 14.3. The molecule has 3 aromatic rings. The van der Waals surface area contributed by atoms with Gasteiger partial charge in [-0.15, -0.1) is 11.3 Å². The van der Waals surface area contributed by atoms with Crippen LogP contribution >= 0.6 is 22.9 Å². The average molecular weight is 386 g/mol. The van der Waals surface area contributed by atoms with Crippen molar-refractivity contribution in [1.29, 1.82) is 0 Å². The number of fused-ring (bicyclic) bond motifs is 1. The molecule has 1 amide bonds. The molecular formula is C20H20ClN3OS. The van der Waals surface area contributed by atoms with E-state index in [1.165, 1.54) is 12.8 Å². The average Bonchev–Trinajstić information content (AvgIpc) is 3.34. The van der Waals surface area contributed by atoms with Crippen LogP contribution in [0.15, 0.2) is 48.0 Å². The van der Waals surface area contributed by atoms with E-state index in [0.29, 0.717) is 12.1 Å². The third kappa shape index (κ3) is 3.61. The van der Waals surface area contributed by atoms with Crippen LogP contribution < -0.4 is 5.32 Å². The van der Waals surface area contributed by atoms with E-state index in [4.69, 9.17) is 11.6 Å². The summed E-state index contributed by atoms with van der Waals surface area (Å²) in [6, 6.07) is 13.6. The van der Waals surface area contributed by atoms with Crippen molar-refractivity contribution >= 4 is 39.1 Å². The molecule has 134 valence electrons. The minimum Gasteiger partial charge on any atom is -0.350 e. The number of nitrogens with zero attached hydrogens (tertiary/aromatic N) is 2. The number of hydrogen-bond acceptors (Lipinski definition) is 4. The van der Waals surface area contributed by atoms with Gasteiger partial charge in [-0.1, -0.05) is 29.8 Å². The van der Waals surface area contributed by atoms with Crippen LogP contribution in [0, 0.1) is 0 Å². The Kier molecular flexibility index (Phi) is 5.20. The third-order valence-electron chi connectivity index (χ3n) is 4.90. The monoisotopic (exact) mass is 385 g/mol. The number of hydrogen-bond donors (Lipinski definition) is 1. The lowest BCUT2D eigenvalue weighted by atomic mass is 10.0. The van der Waals surface area contributed by atoms with E-state index in [1.54, 1.807) is 16.8 Å². The van der Waals surface area contributed by atoms with Crippen LogP contribution in [0.25, 0.3) is 10.2 Å². The van der Waals surface area contributed by atoms with Gasteiger partial charge in [0.15, 0.2) is 0 Å². The van der Waals surface area contributed by atoms with E-state index >= 15 is 0 Å². The Morgan fingerprint density at radius 2 is 2.04 bits per heavy atom. The number of amides is 1. The summed E-state index contributed by atoms with van der Waals surface area (Å²) < 4.78 is 1.03. The first-order valence-electron chi connectivity index (χ1n) is 8.82. The van der Waals surface area contributed by atoms with Crippen molar-refractivity contribution in [3.63, 3.8) is 0 Å². The van der Waals surface area contributed by atoms with Gasteiger partial charge in [0.2, 0.25) is 0 Å². The number of carbonyl (C=O) groups excluding carboxylic acids is 1. The van der Waals surface area contributed by atoms with Gasteiger partial charge in [0.1, 0.15) is 0 Å². The normalized spacial score (nSPS) is 16.0. The van der Waals surface area contributed by atoms with Gasteiger partial charge in [0.25, 0.3) is 5.91 Å². The summed E-state index contributed by atoms with van der Waals surface area (Å²) in [5.41, 5.74) is 4.47. The molecule has 26 heavy (non-hydrogen) atoms. The third-order valence-corrected chi connectivity index (χ3v) is 6.03. The first-order chi connectivity index (χ1) is 12.7. The van der Waals surface area contributed by atoms with Crippen molar-refractivity contribution in [3.05, 3.63) is 64.1 Å². The maximum Gasteiger partial charge on any atom is 0.251 e. The topological polar surface area (TPSA) is 45.2 Å². The fourth-order valence-electron chi connectivity index (χ4n) is 3.52. The summed E-state index contributed by atoms with van der Waals surface area (Å²) in [7, 11) is 0. The second kappa shape index (κ2) is 7.74. The maximum absolute atomic E-state index is 12.7. The number of rotatable bonds is 5. The van der Waals surface area contributed by atoms with Gasteiger partial charge in [-0.05, 0) is 55.8 Å². The summed E-state index contributed by atoms with van der Waals surface area (Å²) in [6.45, 7) is 2.63. The van der Waals surface area contributed by atoms with E-state index in [1.807, 2.05) is 36.4 Å². The van der Waals surface area contributed by atoms with Crippen LogP contribution in [0.5, 0.6) is 0 Å². The fraction of sp³-hybridized carbons (Fsp3) is 0.300. The van der Waals surface area contributed by atoms with Crippen LogP contribution in [0.2, 0.25) is 5.02 Å². The molecule has 0 radical (unpaired) electrons. The second-order valence-electron chi connectivity index (χ2n) is 6.53. The van der Waals surface area contributed by atoms with Crippen molar-refractivity contribution in [2.75, 3.05) is 19.6 Å². The van der Waals surface area contributed by atoms with Crippen molar-refractivity contribution in [1.82, 2.24) is 15.2 Å². The predicted octanol–water partition coefficient (Wildman–Crippen LogP) is 4.52. The van der Waals surface area contributed by atoms with Gasteiger partial charge in [0.05, 0.1) is 21.8 Å². The minimum atomic E-state index is -0.0587. The lowest BCUT2D eigenvalue weighted by Gasteiger charge is -2.29. The largest absolute Gasteiger partial charge is 0.350 e. The second-order valence-corrected chi connectivity index (χ2v) is 7.82. The first-order valence-corrected chi connectivity index (χ1v) is 10.1. The van der Waals surface area contributed by atoms with Crippen molar-refractivity contribution in [2.24, 2.45) is 0 Å². The van der Waals surface area contributed by atoms with Gasteiger partial charge in [-0.2, -0.15) is 0 Å². The molecule has 4 nitrogen and oxygen atoms in total. The number of halogens is 1. The highest BCUT2D eigenvalue weighted by molar-refractivity contribution is 7.16. The van der Waals surface area contributed by atoms with Crippen LogP contribution in [0.3, 0.4) is 0 Å². The van der Waals surface area contributed by atoms with E-state index in [2.05, 4.69) is 21.3 Å². The molecule has 2 heterocycles. The molecule has 1 aliphatic heterocycles.